The second-order valence-corrected chi connectivity index (χ2v) is 4.38. The normalized spacial score (nSPS) is 10.2. The van der Waals surface area contributed by atoms with Crippen LogP contribution in [-0.4, -0.2) is 22.0 Å². The van der Waals surface area contributed by atoms with Gasteiger partial charge < -0.3 is 16.2 Å². The van der Waals surface area contributed by atoms with Crippen molar-refractivity contribution < 1.29 is 19.1 Å². The monoisotopic (exact) mass is 281 g/mol. The number of benzene rings is 1. The molecule has 2 aromatic rings. The van der Waals surface area contributed by atoms with Gasteiger partial charge >= 0.3 is 5.97 Å². The van der Waals surface area contributed by atoms with Gasteiger partial charge in [0.05, 0.1) is 5.69 Å². The highest BCUT2D eigenvalue weighted by molar-refractivity contribution is 7.13. The Hall–Kier alpha value is -2.48. The van der Waals surface area contributed by atoms with E-state index >= 15 is 0 Å². The summed E-state index contributed by atoms with van der Waals surface area (Å²) >= 11 is 1.07. The summed E-state index contributed by atoms with van der Waals surface area (Å²) in [5.74, 6) is -3.05. The van der Waals surface area contributed by atoms with E-state index in [-0.39, 0.29) is 16.5 Å². The zero-order valence-corrected chi connectivity index (χ0v) is 10.2. The molecule has 1 heterocycles. The van der Waals surface area contributed by atoms with E-state index in [0.717, 1.165) is 17.4 Å². The summed E-state index contributed by atoms with van der Waals surface area (Å²) in [4.78, 5) is 26.5. The number of nitrogens with one attached hydrogen (secondary N) is 1. The summed E-state index contributed by atoms with van der Waals surface area (Å²) in [6.07, 6.45) is 0. The van der Waals surface area contributed by atoms with Gasteiger partial charge in [-0.2, -0.15) is 0 Å². The lowest BCUT2D eigenvalue weighted by molar-refractivity contribution is 0.0693. The number of carbonyl (C=O) groups excluding carboxylic acids is 1. The van der Waals surface area contributed by atoms with Crippen LogP contribution in [0.5, 0.6) is 0 Å². The molecule has 0 saturated carbocycles. The first-order valence-corrected chi connectivity index (χ1v) is 5.91. The Labute approximate surface area is 110 Å². The molecule has 8 heteroatoms. The molecule has 0 aliphatic carbocycles. The first-order chi connectivity index (χ1) is 8.99. The fourth-order valence-corrected chi connectivity index (χ4v) is 1.97. The minimum Gasteiger partial charge on any atom is -0.478 e. The molecule has 0 unspecified atom stereocenters. The molecule has 6 nitrogen and oxygen atoms in total. The quantitative estimate of drug-likeness (QED) is 0.795. The van der Waals surface area contributed by atoms with Crippen molar-refractivity contribution in [3.8, 4) is 0 Å². The summed E-state index contributed by atoms with van der Waals surface area (Å²) in [6, 6.07) is 3.59. The fourth-order valence-electron chi connectivity index (χ4n) is 1.42. The van der Waals surface area contributed by atoms with Gasteiger partial charge in [0.15, 0.2) is 5.13 Å². The van der Waals surface area contributed by atoms with Gasteiger partial charge in [-0.25, -0.2) is 14.2 Å². The predicted octanol–water partition coefficient (Wildman–Crippen LogP) is 1.81. The highest BCUT2D eigenvalue weighted by Gasteiger charge is 2.18. The Balaban J connectivity index is 2.31. The Morgan fingerprint density at radius 3 is 2.74 bits per heavy atom. The van der Waals surface area contributed by atoms with Crippen molar-refractivity contribution in [1.82, 2.24) is 4.98 Å². The number of aromatic carboxylic acids is 1. The summed E-state index contributed by atoms with van der Waals surface area (Å²) < 4.78 is 13.4. The van der Waals surface area contributed by atoms with Gasteiger partial charge in [0.25, 0.3) is 5.91 Å². The van der Waals surface area contributed by atoms with Gasteiger partial charge in [0, 0.05) is 5.38 Å². The molecular formula is C11H8FN3O3S. The van der Waals surface area contributed by atoms with Crippen LogP contribution in [0.1, 0.15) is 20.8 Å². The number of carbonyl (C=O) groups is 2. The Bertz CT molecular complexity index is 656. The molecule has 0 fully saturated rings. The van der Waals surface area contributed by atoms with Crippen LogP contribution in [0.15, 0.2) is 23.6 Å². The Morgan fingerprint density at radius 2 is 2.16 bits per heavy atom. The number of nitrogens with two attached hydrogens (primary N) is 1. The first kappa shape index (κ1) is 13.0. The van der Waals surface area contributed by atoms with Gasteiger partial charge in [0.1, 0.15) is 17.1 Å². The van der Waals surface area contributed by atoms with Gasteiger partial charge in [-0.1, -0.05) is 6.07 Å². The van der Waals surface area contributed by atoms with Crippen LogP contribution in [0.2, 0.25) is 0 Å². The highest BCUT2D eigenvalue weighted by Crippen LogP contribution is 2.20. The average Bonchev–Trinajstić information content (AvgIpc) is 2.75. The van der Waals surface area contributed by atoms with Gasteiger partial charge in [-0.05, 0) is 12.1 Å². The van der Waals surface area contributed by atoms with Crippen molar-refractivity contribution in [2.45, 2.75) is 0 Å². The van der Waals surface area contributed by atoms with Crippen molar-refractivity contribution in [3.05, 3.63) is 40.7 Å². The maximum Gasteiger partial charge on any atom is 0.340 e. The smallest absolute Gasteiger partial charge is 0.340 e. The van der Waals surface area contributed by atoms with Gasteiger partial charge in [-0.15, -0.1) is 11.3 Å². The molecule has 0 aliphatic heterocycles. The van der Waals surface area contributed by atoms with Crippen LogP contribution in [0.25, 0.3) is 0 Å². The highest BCUT2D eigenvalue weighted by atomic mass is 32.1. The molecule has 2 rings (SSSR count). The van der Waals surface area contributed by atoms with E-state index in [1.807, 2.05) is 0 Å². The van der Waals surface area contributed by atoms with Crippen LogP contribution >= 0.6 is 11.3 Å². The van der Waals surface area contributed by atoms with E-state index in [2.05, 4.69) is 10.3 Å². The first-order valence-electron chi connectivity index (χ1n) is 5.03. The van der Waals surface area contributed by atoms with E-state index in [1.54, 1.807) is 0 Å². The molecule has 0 atom stereocenters. The average molecular weight is 281 g/mol. The number of rotatable bonds is 3. The standard InChI is InChI=1S/C11H8FN3O3S/c12-5-2-1-3-6(8(5)10(17)18)14-9(16)7-4-19-11(13)15-7/h1-4H,(H2,13,15)(H,14,16)(H,17,18). The number of hydrogen-bond acceptors (Lipinski definition) is 5. The van der Waals surface area contributed by atoms with Crippen molar-refractivity contribution in [2.75, 3.05) is 11.1 Å². The molecule has 98 valence electrons. The summed E-state index contributed by atoms with van der Waals surface area (Å²) in [5.41, 5.74) is 4.70. The van der Waals surface area contributed by atoms with Crippen LogP contribution < -0.4 is 11.1 Å². The molecule has 19 heavy (non-hydrogen) atoms. The van der Waals surface area contributed by atoms with Crippen LogP contribution in [0.4, 0.5) is 15.2 Å². The van der Waals surface area contributed by atoms with Crippen molar-refractivity contribution in [2.24, 2.45) is 0 Å². The summed E-state index contributed by atoms with van der Waals surface area (Å²) in [6.45, 7) is 0. The summed E-state index contributed by atoms with van der Waals surface area (Å²) in [5, 5.41) is 12.8. The number of amides is 1. The topological polar surface area (TPSA) is 105 Å². The molecule has 0 spiro atoms. The number of thiazole rings is 1. The molecule has 4 N–H and O–H groups in total. The molecule has 1 aromatic heterocycles. The molecule has 0 aliphatic rings. The van der Waals surface area contributed by atoms with Gasteiger partial charge in [-0.3, -0.25) is 4.79 Å². The number of halogens is 1. The molecule has 1 aromatic carbocycles. The zero-order chi connectivity index (χ0) is 14.0. The predicted molar refractivity (Wildman–Crippen MR) is 67.8 cm³/mol. The lowest BCUT2D eigenvalue weighted by Crippen LogP contribution is -2.16. The van der Waals surface area contributed by atoms with E-state index < -0.39 is 23.3 Å². The molecule has 0 saturated heterocycles. The van der Waals surface area contributed by atoms with Crippen molar-refractivity contribution >= 4 is 34.0 Å². The van der Waals surface area contributed by atoms with Crippen molar-refractivity contribution in [3.63, 3.8) is 0 Å². The maximum absolute atomic E-state index is 13.4. The minimum atomic E-state index is -1.47. The SMILES string of the molecule is Nc1nc(C(=O)Nc2cccc(F)c2C(=O)O)cs1. The minimum absolute atomic E-state index is 0.0445. The molecule has 0 radical (unpaired) electrons. The van der Waals surface area contributed by atoms with Crippen molar-refractivity contribution in [1.29, 1.82) is 0 Å². The number of hydrogen-bond donors (Lipinski definition) is 3. The largest absolute Gasteiger partial charge is 0.478 e. The zero-order valence-electron chi connectivity index (χ0n) is 9.38. The molecule has 1 amide bonds. The van der Waals surface area contributed by atoms with E-state index in [0.29, 0.717) is 0 Å². The number of nitrogens with zero attached hydrogens (tertiary/aromatic N) is 1. The molecular weight excluding hydrogens is 273 g/mol. The third-order valence-corrected chi connectivity index (χ3v) is 2.90. The van der Waals surface area contributed by atoms with Crippen LogP contribution in [-0.2, 0) is 0 Å². The van der Waals surface area contributed by atoms with Crippen LogP contribution in [0, 0.1) is 5.82 Å². The Kier molecular flexibility index (Phi) is 3.43. The lowest BCUT2D eigenvalue weighted by atomic mass is 10.1. The maximum atomic E-state index is 13.4. The van der Waals surface area contributed by atoms with E-state index in [4.69, 9.17) is 10.8 Å². The Morgan fingerprint density at radius 1 is 1.42 bits per heavy atom. The third-order valence-electron chi connectivity index (χ3n) is 2.23. The number of anilines is 2. The second kappa shape index (κ2) is 5.02. The van der Waals surface area contributed by atoms with E-state index in [9.17, 15) is 14.0 Å². The second-order valence-electron chi connectivity index (χ2n) is 3.49. The number of carboxylic acids is 1. The number of aromatic nitrogens is 1. The fraction of sp³-hybridized carbons (Fsp3) is 0. The number of carboxylic acid groups (broad SMARTS) is 1. The number of nitrogen functional groups attached to an aromatic ring is 1. The third kappa shape index (κ3) is 2.68. The van der Waals surface area contributed by atoms with E-state index in [1.165, 1.54) is 17.5 Å². The van der Waals surface area contributed by atoms with Gasteiger partial charge in [0.2, 0.25) is 0 Å². The lowest BCUT2D eigenvalue weighted by Gasteiger charge is -2.07. The summed E-state index contributed by atoms with van der Waals surface area (Å²) in [7, 11) is 0. The molecule has 0 bridgehead atoms. The van der Waals surface area contributed by atoms with Crippen LogP contribution in [0.3, 0.4) is 0 Å².